The number of hydrogen-bond donors (Lipinski definition) is 1. The molecule has 0 unspecified atom stereocenters. The van der Waals surface area contributed by atoms with E-state index in [9.17, 15) is 9.59 Å². The van der Waals surface area contributed by atoms with Gasteiger partial charge in [0.25, 0.3) is 5.91 Å². The summed E-state index contributed by atoms with van der Waals surface area (Å²) < 4.78 is 5.76. The van der Waals surface area contributed by atoms with E-state index >= 15 is 0 Å². The summed E-state index contributed by atoms with van der Waals surface area (Å²) in [6.45, 7) is 0.367. The highest BCUT2D eigenvalue weighted by Gasteiger charge is 2.31. The number of carbonyl (C=O) groups excluding carboxylic acids is 2. The molecular weight excluding hydrogens is 472 g/mol. The van der Waals surface area contributed by atoms with E-state index in [2.05, 4.69) is 5.32 Å². The predicted octanol–water partition coefficient (Wildman–Crippen LogP) is 5.81. The monoisotopic (exact) mass is 498 g/mol. The number of carbonyl (C=O) groups is 2. The van der Waals surface area contributed by atoms with Crippen LogP contribution < -0.4 is 10.1 Å². The molecule has 4 aromatic carbocycles. The van der Waals surface area contributed by atoms with Crippen molar-refractivity contribution in [1.82, 2.24) is 10.2 Å². The third-order valence-corrected chi connectivity index (χ3v) is 5.93. The highest BCUT2D eigenvalue weighted by molar-refractivity contribution is 6.30. The van der Waals surface area contributed by atoms with E-state index in [-0.39, 0.29) is 25.0 Å². The zero-order valence-corrected chi connectivity index (χ0v) is 20.5. The molecule has 0 aliphatic heterocycles. The minimum Gasteiger partial charge on any atom is -0.484 e. The van der Waals surface area contributed by atoms with Crippen LogP contribution in [0.5, 0.6) is 5.75 Å². The molecule has 0 saturated heterocycles. The normalized spacial score (nSPS) is 11.4. The fourth-order valence-electron chi connectivity index (χ4n) is 3.84. The van der Waals surface area contributed by atoms with Gasteiger partial charge in [0.15, 0.2) is 6.61 Å². The molecule has 5 nitrogen and oxygen atoms in total. The Kier molecular flexibility index (Phi) is 8.73. The van der Waals surface area contributed by atoms with Gasteiger partial charge in [-0.05, 0) is 41.0 Å². The minimum absolute atomic E-state index is 0.201. The van der Waals surface area contributed by atoms with Crippen molar-refractivity contribution >= 4 is 23.4 Å². The van der Waals surface area contributed by atoms with E-state index in [4.69, 9.17) is 16.3 Å². The zero-order valence-electron chi connectivity index (χ0n) is 19.7. The lowest BCUT2D eigenvalue weighted by molar-refractivity contribution is -0.143. The molecule has 0 bridgehead atoms. The van der Waals surface area contributed by atoms with E-state index < -0.39 is 6.04 Å². The summed E-state index contributed by atoms with van der Waals surface area (Å²) in [4.78, 5) is 28.7. The van der Waals surface area contributed by atoms with Gasteiger partial charge in [-0.15, -0.1) is 0 Å². The van der Waals surface area contributed by atoms with Gasteiger partial charge in [-0.2, -0.15) is 0 Å². The second kappa shape index (κ2) is 12.6. The summed E-state index contributed by atoms with van der Waals surface area (Å²) in [5.74, 6) is 0.00618. The Labute approximate surface area is 216 Å². The molecule has 6 heteroatoms. The number of amides is 2. The van der Waals surface area contributed by atoms with Crippen LogP contribution in [0.2, 0.25) is 5.02 Å². The zero-order chi connectivity index (χ0) is 25.2. The molecule has 4 rings (SSSR count). The van der Waals surface area contributed by atoms with E-state index in [1.54, 1.807) is 29.2 Å². The fourth-order valence-corrected chi connectivity index (χ4v) is 3.97. The summed E-state index contributed by atoms with van der Waals surface area (Å²) >= 11 is 6.07. The molecule has 36 heavy (non-hydrogen) atoms. The number of nitrogens with one attached hydrogen (secondary N) is 1. The standard InChI is InChI=1S/C30H27ClN2O3/c31-26-18-16-24(17-19-26)21-33(28(34)22-36-27-14-8-3-9-15-27)29(25-12-6-2-7-13-25)30(35)32-20-23-10-4-1-5-11-23/h1-19,29H,20-22H2,(H,32,35)/t29-/m1/s1. The molecule has 0 aliphatic carbocycles. The Morgan fingerprint density at radius 3 is 1.97 bits per heavy atom. The number of rotatable bonds is 10. The second-order valence-corrected chi connectivity index (χ2v) is 8.70. The highest BCUT2D eigenvalue weighted by atomic mass is 35.5. The third-order valence-electron chi connectivity index (χ3n) is 5.68. The van der Waals surface area contributed by atoms with Crippen LogP contribution in [0.3, 0.4) is 0 Å². The van der Waals surface area contributed by atoms with Gasteiger partial charge in [-0.25, -0.2) is 0 Å². The Hall–Kier alpha value is -4.09. The maximum absolute atomic E-state index is 13.6. The lowest BCUT2D eigenvalue weighted by Gasteiger charge is -2.31. The molecular formula is C30H27ClN2O3. The number of hydrogen-bond acceptors (Lipinski definition) is 3. The van der Waals surface area contributed by atoms with E-state index in [1.807, 2.05) is 91.0 Å². The van der Waals surface area contributed by atoms with Crippen LogP contribution in [0.15, 0.2) is 115 Å². The SMILES string of the molecule is O=C(NCc1ccccc1)[C@@H](c1ccccc1)N(Cc1ccc(Cl)cc1)C(=O)COc1ccccc1. The molecule has 1 N–H and O–H groups in total. The van der Waals surface area contributed by atoms with Crippen LogP contribution in [-0.4, -0.2) is 23.3 Å². The summed E-state index contributed by atoms with van der Waals surface area (Å²) in [5.41, 5.74) is 2.54. The van der Waals surface area contributed by atoms with Gasteiger partial charge in [0, 0.05) is 18.1 Å². The first-order chi connectivity index (χ1) is 17.6. The van der Waals surface area contributed by atoms with E-state index in [0.717, 1.165) is 11.1 Å². The first kappa shape index (κ1) is 25.0. The number of nitrogens with zero attached hydrogens (tertiary/aromatic N) is 1. The van der Waals surface area contributed by atoms with Crippen molar-refractivity contribution in [2.75, 3.05) is 6.61 Å². The van der Waals surface area contributed by atoms with Gasteiger partial charge in [0.05, 0.1) is 0 Å². The molecule has 0 spiro atoms. The van der Waals surface area contributed by atoms with Gasteiger partial charge in [-0.1, -0.05) is 103 Å². The molecule has 0 fully saturated rings. The minimum atomic E-state index is -0.850. The first-order valence-corrected chi connectivity index (χ1v) is 12.1. The van der Waals surface area contributed by atoms with Crippen LogP contribution in [0.4, 0.5) is 0 Å². The summed E-state index contributed by atoms with van der Waals surface area (Å²) in [7, 11) is 0. The second-order valence-electron chi connectivity index (χ2n) is 8.27. The molecule has 0 aromatic heterocycles. The summed E-state index contributed by atoms with van der Waals surface area (Å²) in [6.07, 6.45) is 0. The Balaban J connectivity index is 1.62. The average Bonchev–Trinajstić information content (AvgIpc) is 2.93. The summed E-state index contributed by atoms with van der Waals surface area (Å²) in [5, 5.41) is 3.61. The number of para-hydroxylation sites is 1. The molecule has 1 atom stereocenters. The van der Waals surface area contributed by atoms with Crippen molar-refractivity contribution in [1.29, 1.82) is 0 Å². The number of ether oxygens (including phenoxy) is 1. The Bertz CT molecular complexity index is 1250. The largest absolute Gasteiger partial charge is 0.484 e. The van der Waals surface area contributed by atoms with Crippen molar-refractivity contribution in [3.63, 3.8) is 0 Å². The maximum atomic E-state index is 13.6. The predicted molar refractivity (Wildman–Crippen MR) is 141 cm³/mol. The smallest absolute Gasteiger partial charge is 0.261 e. The molecule has 0 heterocycles. The highest BCUT2D eigenvalue weighted by Crippen LogP contribution is 2.25. The van der Waals surface area contributed by atoms with E-state index in [0.29, 0.717) is 22.9 Å². The quantitative estimate of drug-likeness (QED) is 0.300. The van der Waals surface area contributed by atoms with Crippen LogP contribution in [-0.2, 0) is 22.7 Å². The van der Waals surface area contributed by atoms with Gasteiger partial charge in [0.2, 0.25) is 5.91 Å². The number of halogens is 1. The first-order valence-electron chi connectivity index (χ1n) is 11.7. The Morgan fingerprint density at radius 1 is 0.750 bits per heavy atom. The van der Waals surface area contributed by atoms with Gasteiger partial charge in [0.1, 0.15) is 11.8 Å². The third kappa shape index (κ3) is 6.96. The van der Waals surface area contributed by atoms with Crippen molar-refractivity contribution in [3.05, 3.63) is 137 Å². The topological polar surface area (TPSA) is 58.6 Å². The van der Waals surface area contributed by atoms with Gasteiger partial charge >= 0.3 is 0 Å². The number of benzene rings is 4. The van der Waals surface area contributed by atoms with Crippen molar-refractivity contribution in [3.8, 4) is 5.75 Å². The average molecular weight is 499 g/mol. The van der Waals surface area contributed by atoms with Gasteiger partial charge in [-0.3, -0.25) is 9.59 Å². The maximum Gasteiger partial charge on any atom is 0.261 e. The van der Waals surface area contributed by atoms with Crippen LogP contribution in [0.25, 0.3) is 0 Å². The van der Waals surface area contributed by atoms with Crippen molar-refractivity contribution in [2.45, 2.75) is 19.1 Å². The van der Waals surface area contributed by atoms with Crippen molar-refractivity contribution < 1.29 is 14.3 Å². The van der Waals surface area contributed by atoms with Gasteiger partial charge < -0.3 is 15.0 Å². The fraction of sp³-hybridized carbons (Fsp3) is 0.133. The van der Waals surface area contributed by atoms with Crippen LogP contribution in [0.1, 0.15) is 22.7 Å². The Morgan fingerprint density at radius 2 is 1.33 bits per heavy atom. The molecule has 0 radical (unpaired) electrons. The lowest BCUT2D eigenvalue weighted by Crippen LogP contribution is -2.45. The molecule has 182 valence electrons. The molecule has 0 aliphatic rings. The van der Waals surface area contributed by atoms with E-state index in [1.165, 1.54) is 0 Å². The van der Waals surface area contributed by atoms with Crippen molar-refractivity contribution in [2.24, 2.45) is 0 Å². The summed E-state index contributed by atoms with van der Waals surface area (Å²) in [6, 6.07) is 34.5. The van der Waals surface area contributed by atoms with Crippen LogP contribution >= 0.6 is 11.6 Å². The molecule has 0 saturated carbocycles. The lowest BCUT2D eigenvalue weighted by atomic mass is 10.0. The van der Waals surface area contributed by atoms with Crippen LogP contribution in [0, 0.1) is 0 Å². The molecule has 4 aromatic rings. The molecule has 2 amide bonds.